The smallest absolute Gasteiger partial charge is 0.0514 e. The number of H-pyrrole nitrogens is 1. The molecule has 0 saturated heterocycles. The summed E-state index contributed by atoms with van der Waals surface area (Å²) in [6.45, 7) is 2.68. The molecule has 2 aromatic rings. The number of rotatable bonds is 2. The molecule has 80 valence electrons. The average Bonchev–Trinajstić information content (AvgIpc) is 2.60. The van der Waals surface area contributed by atoms with E-state index in [4.69, 9.17) is 28.9 Å². The lowest BCUT2D eigenvalue weighted by molar-refractivity contribution is 0.754. The summed E-state index contributed by atoms with van der Waals surface area (Å²) in [5.74, 6) is 0.298. The highest BCUT2D eigenvalue weighted by Crippen LogP contribution is 2.30. The number of hydrogen-bond acceptors (Lipinski definition) is 1. The molecule has 0 radical (unpaired) electrons. The minimum Gasteiger partial charge on any atom is -0.358 e. The summed E-state index contributed by atoms with van der Waals surface area (Å²) in [5.41, 5.74) is 7.67. The van der Waals surface area contributed by atoms with Gasteiger partial charge in [-0.2, -0.15) is 0 Å². The Morgan fingerprint density at radius 2 is 2.07 bits per heavy atom. The van der Waals surface area contributed by atoms with Crippen LogP contribution in [0.4, 0.5) is 0 Å². The summed E-state index contributed by atoms with van der Waals surface area (Å²) in [4.78, 5) is 3.28. The highest BCUT2D eigenvalue weighted by atomic mass is 35.5. The van der Waals surface area contributed by atoms with Gasteiger partial charge < -0.3 is 10.7 Å². The molecule has 3 N–H and O–H groups in total. The zero-order valence-electron chi connectivity index (χ0n) is 8.35. The zero-order valence-corrected chi connectivity index (χ0v) is 9.86. The summed E-state index contributed by atoms with van der Waals surface area (Å²) >= 11 is 12.0. The molecule has 1 heterocycles. The number of fused-ring (bicyclic) bond motifs is 1. The van der Waals surface area contributed by atoms with E-state index >= 15 is 0 Å². The van der Waals surface area contributed by atoms with Gasteiger partial charge >= 0.3 is 0 Å². The van der Waals surface area contributed by atoms with E-state index in [0.717, 1.165) is 16.6 Å². The molecule has 1 aromatic heterocycles. The van der Waals surface area contributed by atoms with Crippen LogP contribution in [-0.2, 0) is 0 Å². The van der Waals surface area contributed by atoms with Gasteiger partial charge in [-0.25, -0.2) is 0 Å². The van der Waals surface area contributed by atoms with Crippen molar-refractivity contribution in [3.8, 4) is 0 Å². The SMILES string of the molecule is CC(CN)c1cc2c(Cl)cc(Cl)cc2[nH]1. The van der Waals surface area contributed by atoms with Crippen LogP contribution in [0.3, 0.4) is 0 Å². The van der Waals surface area contributed by atoms with Gasteiger partial charge in [-0.3, -0.25) is 0 Å². The van der Waals surface area contributed by atoms with Crippen molar-refractivity contribution >= 4 is 34.1 Å². The number of nitrogens with one attached hydrogen (secondary N) is 1. The lowest BCUT2D eigenvalue weighted by atomic mass is 10.1. The fraction of sp³-hybridized carbons (Fsp3) is 0.273. The lowest BCUT2D eigenvalue weighted by Gasteiger charge is -2.03. The average molecular weight is 243 g/mol. The maximum atomic E-state index is 6.09. The third-order valence-corrected chi connectivity index (χ3v) is 3.09. The molecule has 2 nitrogen and oxygen atoms in total. The van der Waals surface area contributed by atoms with E-state index in [1.807, 2.05) is 12.1 Å². The topological polar surface area (TPSA) is 41.8 Å². The summed E-state index contributed by atoms with van der Waals surface area (Å²) in [7, 11) is 0. The predicted molar refractivity (Wildman–Crippen MR) is 65.8 cm³/mol. The van der Waals surface area contributed by atoms with E-state index in [2.05, 4.69) is 11.9 Å². The first-order valence-electron chi connectivity index (χ1n) is 4.79. The summed E-state index contributed by atoms with van der Waals surface area (Å²) in [6.07, 6.45) is 0. The Balaban J connectivity index is 2.60. The van der Waals surface area contributed by atoms with E-state index in [-0.39, 0.29) is 0 Å². The van der Waals surface area contributed by atoms with Crippen LogP contribution in [0.15, 0.2) is 18.2 Å². The monoisotopic (exact) mass is 242 g/mol. The standard InChI is InChI=1S/C11H12Cl2N2/c1-6(5-14)10-4-8-9(13)2-7(12)3-11(8)15-10/h2-4,6,15H,5,14H2,1H3. The Labute approximate surface area is 98.4 Å². The number of benzene rings is 1. The van der Waals surface area contributed by atoms with Crippen molar-refractivity contribution in [2.45, 2.75) is 12.8 Å². The van der Waals surface area contributed by atoms with Gasteiger partial charge in [0.1, 0.15) is 0 Å². The molecule has 2 rings (SSSR count). The Morgan fingerprint density at radius 1 is 1.33 bits per heavy atom. The van der Waals surface area contributed by atoms with Gasteiger partial charge in [-0.1, -0.05) is 30.1 Å². The Morgan fingerprint density at radius 3 is 2.73 bits per heavy atom. The van der Waals surface area contributed by atoms with Gasteiger partial charge in [0.2, 0.25) is 0 Å². The van der Waals surface area contributed by atoms with Crippen molar-refractivity contribution in [2.24, 2.45) is 5.73 Å². The van der Waals surface area contributed by atoms with E-state index in [1.165, 1.54) is 0 Å². The van der Waals surface area contributed by atoms with Crippen LogP contribution in [0.2, 0.25) is 10.0 Å². The first-order valence-corrected chi connectivity index (χ1v) is 5.55. The highest BCUT2D eigenvalue weighted by molar-refractivity contribution is 6.38. The third kappa shape index (κ3) is 1.98. The second-order valence-electron chi connectivity index (χ2n) is 3.71. The van der Waals surface area contributed by atoms with Crippen LogP contribution >= 0.6 is 23.2 Å². The molecule has 15 heavy (non-hydrogen) atoms. The predicted octanol–water partition coefficient (Wildman–Crippen LogP) is 3.54. The molecule has 0 saturated carbocycles. The number of hydrogen-bond donors (Lipinski definition) is 2. The number of halogens is 2. The largest absolute Gasteiger partial charge is 0.358 e. The molecule has 0 aliphatic rings. The van der Waals surface area contributed by atoms with Gasteiger partial charge in [0.15, 0.2) is 0 Å². The minimum absolute atomic E-state index is 0.298. The van der Waals surface area contributed by atoms with Crippen molar-refractivity contribution in [1.29, 1.82) is 0 Å². The van der Waals surface area contributed by atoms with E-state index in [9.17, 15) is 0 Å². The van der Waals surface area contributed by atoms with E-state index in [1.54, 1.807) is 6.07 Å². The molecular weight excluding hydrogens is 231 g/mol. The Hall–Kier alpha value is -0.700. The normalized spacial score (nSPS) is 13.3. The van der Waals surface area contributed by atoms with Crippen molar-refractivity contribution in [3.05, 3.63) is 33.9 Å². The van der Waals surface area contributed by atoms with Gasteiger partial charge in [0.25, 0.3) is 0 Å². The third-order valence-electron chi connectivity index (χ3n) is 2.56. The quantitative estimate of drug-likeness (QED) is 0.832. The molecule has 4 heteroatoms. The minimum atomic E-state index is 0.298. The first-order chi connectivity index (χ1) is 7.11. The zero-order chi connectivity index (χ0) is 11.0. The van der Waals surface area contributed by atoms with Crippen LogP contribution in [0.25, 0.3) is 10.9 Å². The lowest BCUT2D eigenvalue weighted by Crippen LogP contribution is -2.08. The molecule has 0 fully saturated rings. The second-order valence-corrected chi connectivity index (χ2v) is 4.55. The number of aromatic amines is 1. The van der Waals surface area contributed by atoms with E-state index in [0.29, 0.717) is 22.5 Å². The summed E-state index contributed by atoms with van der Waals surface area (Å²) in [6, 6.07) is 5.65. The van der Waals surface area contributed by atoms with Crippen molar-refractivity contribution in [1.82, 2.24) is 4.98 Å². The molecule has 1 aromatic carbocycles. The molecule has 1 atom stereocenters. The van der Waals surface area contributed by atoms with Gasteiger partial charge in [0, 0.05) is 34.1 Å². The molecule has 0 bridgehead atoms. The van der Waals surface area contributed by atoms with Crippen LogP contribution in [0.5, 0.6) is 0 Å². The molecule has 0 aliphatic carbocycles. The molecule has 0 spiro atoms. The van der Waals surface area contributed by atoms with E-state index < -0.39 is 0 Å². The molecule has 1 unspecified atom stereocenters. The molecule has 0 amide bonds. The van der Waals surface area contributed by atoms with Crippen molar-refractivity contribution < 1.29 is 0 Å². The van der Waals surface area contributed by atoms with Crippen molar-refractivity contribution in [3.63, 3.8) is 0 Å². The number of nitrogens with two attached hydrogens (primary N) is 1. The summed E-state index contributed by atoms with van der Waals surface area (Å²) < 4.78 is 0. The maximum Gasteiger partial charge on any atom is 0.0514 e. The fourth-order valence-corrected chi connectivity index (χ4v) is 2.12. The Bertz CT molecular complexity index is 491. The highest BCUT2D eigenvalue weighted by Gasteiger charge is 2.09. The fourth-order valence-electron chi connectivity index (χ4n) is 1.57. The van der Waals surface area contributed by atoms with Gasteiger partial charge in [-0.05, 0) is 18.2 Å². The second kappa shape index (κ2) is 4.05. The van der Waals surface area contributed by atoms with Crippen molar-refractivity contribution in [2.75, 3.05) is 6.54 Å². The first kappa shape index (κ1) is 10.8. The van der Waals surface area contributed by atoms with Crippen LogP contribution in [0.1, 0.15) is 18.5 Å². The summed E-state index contributed by atoms with van der Waals surface area (Å²) in [5, 5.41) is 2.31. The van der Waals surface area contributed by atoms with Gasteiger partial charge in [0.05, 0.1) is 5.02 Å². The van der Waals surface area contributed by atoms with Gasteiger partial charge in [-0.15, -0.1) is 0 Å². The van der Waals surface area contributed by atoms with Crippen LogP contribution in [-0.4, -0.2) is 11.5 Å². The van der Waals surface area contributed by atoms with Crippen LogP contribution in [0, 0.1) is 0 Å². The maximum absolute atomic E-state index is 6.09. The van der Waals surface area contributed by atoms with Crippen LogP contribution < -0.4 is 5.73 Å². The molecular formula is C11H12Cl2N2. The number of aromatic nitrogens is 1. The molecule has 0 aliphatic heterocycles. The Kier molecular flexibility index (Phi) is 2.91.